The maximum atomic E-state index is 12.5. The highest BCUT2D eigenvalue weighted by Crippen LogP contribution is 2.28. The van der Waals surface area contributed by atoms with Crippen molar-refractivity contribution in [3.63, 3.8) is 0 Å². The molecular formula is C23H23NO4S. The van der Waals surface area contributed by atoms with Crippen LogP contribution in [-0.2, 0) is 15.3 Å². The predicted octanol–water partition coefficient (Wildman–Crippen LogP) is 5.41. The molecule has 3 aromatic rings. The average Bonchev–Trinajstić information content (AvgIpc) is 3.19. The van der Waals surface area contributed by atoms with Crippen molar-refractivity contribution in [1.82, 2.24) is 4.98 Å². The summed E-state index contributed by atoms with van der Waals surface area (Å²) in [7, 11) is 0. The molecule has 0 aliphatic rings. The Bertz CT molecular complexity index is 989. The van der Waals surface area contributed by atoms with Gasteiger partial charge >= 0.3 is 5.97 Å². The Hall–Kier alpha value is -2.86. The molecule has 0 fully saturated rings. The van der Waals surface area contributed by atoms with Gasteiger partial charge in [0.2, 0.25) is 5.89 Å². The van der Waals surface area contributed by atoms with Gasteiger partial charge in [0.1, 0.15) is 6.26 Å². The number of thioether (sulfide) groups is 1. The van der Waals surface area contributed by atoms with Gasteiger partial charge in [0.25, 0.3) is 0 Å². The topological polar surface area (TPSA) is 69.4 Å². The summed E-state index contributed by atoms with van der Waals surface area (Å²) >= 11 is 1.47. The van der Waals surface area contributed by atoms with E-state index in [-0.39, 0.29) is 12.4 Å². The van der Waals surface area contributed by atoms with E-state index in [1.54, 1.807) is 39.2 Å². The number of carbonyl (C=O) groups excluding carboxylic acids is 2. The lowest BCUT2D eigenvalue weighted by Gasteiger charge is -2.16. The molecule has 1 aromatic heterocycles. The normalized spacial score (nSPS) is 11.3. The molecule has 0 radical (unpaired) electrons. The summed E-state index contributed by atoms with van der Waals surface area (Å²) in [5.41, 5.74) is 1.58. The van der Waals surface area contributed by atoms with Crippen LogP contribution in [0.2, 0.25) is 0 Å². The van der Waals surface area contributed by atoms with Crippen molar-refractivity contribution >= 4 is 23.5 Å². The molecule has 150 valence electrons. The fourth-order valence-corrected chi connectivity index (χ4v) is 3.34. The van der Waals surface area contributed by atoms with Crippen molar-refractivity contribution in [2.75, 3.05) is 6.61 Å². The van der Waals surface area contributed by atoms with Crippen LogP contribution in [0, 0.1) is 5.41 Å². The lowest BCUT2D eigenvalue weighted by molar-refractivity contribution is -0.129. The van der Waals surface area contributed by atoms with E-state index in [1.807, 2.05) is 42.5 Å². The Balaban J connectivity index is 1.64. The molecule has 0 aliphatic heterocycles. The molecule has 2 aromatic carbocycles. The van der Waals surface area contributed by atoms with E-state index in [2.05, 4.69) is 4.98 Å². The summed E-state index contributed by atoms with van der Waals surface area (Å²) in [6.07, 6.45) is 1.62. The number of ketones is 1. The van der Waals surface area contributed by atoms with Gasteiger partial charge < -0.3 is 9.15 Å². The number of nitrogens with zero attached hydrogens (tertiary/aromatic N) is 1. The van der Waals surface area contributed by atoms with E-state index in [1.165, 1.54) is 11.8 Å². The van der Waals surface area contributed by atoms with Crippen molar-refractivity contribution in [3.05, 3.63) is 72.1 Å². The quantitative estimate of drug-likeness (QED) is 0.384. The number of ether oxygens (including phenoxy) is 1. The molecule has 0 unspecified atom stereocenters. The molecule has 0 bridgehead atoms. The van der Waals surface area contributed by atoms with Gasteiger partial charge in [-0.05, 0) is 24.3 Å². The Kier molecular flexibility index (Phi) is 6.54. The minimum absolute atomic E-state index is 0.118. The van der Waals surface area contributed by atoms with Crippen molar-refractivity contribution in [3.8, 4) is 11.5 Å². The van der Waals surface area contributed by atoms with Gasteiger partial charge in [-0.15, -0.1) is 11.8 Å². The van der Waals surface area contributed by atoms with Crippen molar-refractivity contribution in [2.24, 2.45) is 5.41 Å². The molecule has 0 saturated carbocycles. The summed E-state index contributed by atoms with van der Waals surface area (Å²) in [5.74, 6) is 0.485. The van der Waals surface area contributed by atoms with Crippen molar-refractivity contribution < 1.29 is 18.7 Å². The average molecular weight is 410 g/mol. The van der Waals surface area contributed by atoms with E-state index in [0.29, 0.717) is 17.2 Å². The zero-order valence-corrected chi connectivity index (χ0v) is 17.5. The van der Waals surface area contributed by atoms with Gasteiger partial charge in [-0.3, -0.25) is 4.79 Å². The van der Waals surface area contributed by atoms with Gasteiger partial charge in [-0.25, -0.2) is 9.78 Å². The SMILES string of the molecule is CC(C)(C)C(=O)COC(=O)c1ccccc1SCc1coc(-c2ccccc2)n1. The van der Waals surface area contributed by atoms with Gasteiger partial charge in [0, 0.05) is 21.6 Å². The minimum atomic E-state index is -0.544. The smallest absolute Gasteiger partial charge is 0.339 e. The van der Waals surface area contributed by atoms with Crippen LogP contribution in [0.25, 0.3) is 11.5 Å². The summed E-state index contributed by atoms with van der Waals surface area (Å²) in [5, 5.41) is 0. The highest BCUT2D eigenvalue weighted by atomic mass is 32.2. The molecule has 1 heterocycles. The van der Waals surface area contributed by atoms with Gasteiger partial charge in [0.05, 0.1) is 11.3 Å². The van der Waals surface area contributed by atoms with Crippen LogP contribution in [-0.4, -0.2) is 23.3 Å². The Morgan fingerprint density at radius 1 is 1.03 bits per heavy atom. The standard InChI is InChI=1S/C23H23NO4S/c1-23(2,3)20(25)14-28-22(26)18-11-7-8-12-19(18)29-15-17-13-27-21(24-17)16-9-5-4-6-10-16/h4-13H,14-15H2,1-3H3. The number of oxazole rings is 1. The molecule has 29 heavy (non-hydrogen) atoms. The molecule has 0 N–H and O–H groups in total. The predicted molar refractivity (Wildman–Crippen MR) is 113 cm³/mol. The molecule has 0 atom stereocenters. The first kappa shape index (κ1) is 20.9. The highest BCUT2D eigenvalue weighted by Gasteiger charge is 2.23. The van der Waals surface area contributed by atoms with Crippen LogP contribution in [0.1, 0.15) is 36.8 Å². The number of hydrogen-bond donors (Lipinski definition) is 0. The van der Waals surface area contributed by atoms with Crippen LogP contribution in [0.4, 0.5) is 0 Å². The first-order valence-corrected chi connectivity index (χ1v) is 10.3. The van der Waals surface area contributed by atoms with Crippen LogP contribution in [0.3, 0.4) is 0 Å². The second-order valence-corrected chi connectivity index (χ2v) is 8.56. The number of aromatic nitrogens is 1. The fourth-order valence-electron chi connectivity index (χ4n) is 2.42. The van der Waals surface area contributed by atoms with E-state index >= 15 is 0 Å². The van der Waals surface area contributed by atoms with E-state index < -0.39 is 11.4 Å². The van der Waals surface area contributed by atoms with E-state index in [0.717, 1.165) is 16.2 Å². The molecule has 3 rings (SSSR count). The van der Waals surface area contributed by atoms with Crippen LogP contribution >= 0.6 is 11.8 Å². The fraction of sp³-hybridized carbons (Fsp3) is 0.261. The number of benzene rings is 2. The maximum absolute atomic E-state index is 12.5. The zero-order valence-electron chi connectivity index (χ0n) is 16.7. The second-order valence-electron chi connectivity index (χ2n) is 7.54. The first-order valence-electron chi connectivity index (χ1n) is 9.26. The summed E-state index contributed by atoms with van der Waals surface area (Å²) < 4.78 is 10.8. The highest BCUT2D eigenvalue weighted by molar-refractivity contribution is 7.98. The van der Waals surface area contributed by atoms with Crippen molar-refractivity contribution in [1.29, 1.82) is 0 Å². The van der Waals surface area contributed by atoms with E-state index in [9.17, 15) is 9.59 Å². The molecule has 0 aliphatic carbocycles. The monoisotopic (exact) mass is 409 g/mol. The minimum Gasteiger partial charge on any atom is -0.454 e. The van der Waals surface area contributed by atoms with Crippen LogP contribution in [0.5, 0.6) is 0 Å². The van der Waals surface area contributed by atoms with Gasteiger partial charge in [-0.1, -0.05) is 51.1 Å². The van der Waals surface area contributed by atoms with E-state index in [4.69, 9.17) is 9.15 Å². The zero-order chi connectivity index (χ0) is 20.9. The Morgan fingerprint density at radius 3 is 2.45 bits per heavy atom. The molecule has 0 amide bonds. The number of rotatable bonds is 7. The third-order valence-corrected chi connectivity index (χ3v) is 5.33. The molecule has 0 saturated heterocycles. The summed E-state index contributed by atoms with van der Waals surface area (Å²) in [4.78, 5) is 29.8. The lowest BCUT2D eigenvalue weighted by Crippen LogP contribution is -2.26. The largest absolute Gasteiger partial charge is 0.454 e. The molecular weight excluding hydrogens is 386 g/mol. The third-order valence-electron chi connectivity index (χ3n) is 4.23. The summed E-state index contributed by atoms with van der Waals surface area (Å²) in [6, 6.07) is 16.9. The van der Waals surface area contributed by atoms with Gasteiger partial charge in [0.15, 0.2) is 12.4 Å². The molecule has 5 nitrogen and oxygen atoms in total. The van der Waals surface area contributed by atoms with Crippen LogP contribution in [0.15, 0.2) is 70.2 Å². The third kappa shape index (κ3) is 5.57. The molecule has 0 spiro atoms. The van der Waals surface area contributed by atoms with Crippen molar-refractivity contribution in [2.45, 2.75) is 31.4 Å². The number of esters is 1. The molecule has 6 heteroatoms. The van der Waals surface area contributed by atoms with Crippen LogP contribution < -0.4 is 0 Å². The Morgan fingerprint density at radius 2 is 1.72 bits per heavy atom. The van der Waals surface area contributed by atoms with Gasteiger partial charge in [-0.2, -0.15) is 0 Å². The maximum Gasteiger partial charge on any atom is 0.339 e. The first-order chi connectivity index (χ1) is 13.8. The summed E-state index contributed by atoms with van der Waals surface area (Å²) in [6.45, 7) is 5.17. The Labute approximate surface area is 174 Å². The lowest BCUT2D eigenvalue weighted by atomic mass is 9.91. The number of Topliss-reactive ketones (excluding diaryl/α,β-unsaturated/α-hetero) is 1. The number of hydrogen-bond acceptors (Lipinski definition) is 6. The second kappa shape index (κ2) is 9.09. The number of carbonyl (C=O) groups is 2.